The fourth-order valence-corrected chi connectivity index (χ4v) is 2.76. The molecule has 2 rings (SSSR count). The number of benzene rings is 1. The summed E-state index contributed by atoms with van der Waals surface area (Å²) in [5, 5.41) is 34.9. The van der Waals surface area contributed by atoms with Crippen LogP contribution < -0.4 is 10.6 Å². The Morgan fingerprint density at radius 3 is 2.62 bits per heavy atom. The van der Waals surface area contributed by atoms with Crippen LogP contribution in [0.4, 0.5) is 4.79 Å². The average Bonchev–Trinajstić information content (AvgIpc) is 3.00. The molecule has 1 fully saturated rings. The van der Waals surface area contributed by atoms with Gasteiger partial charge in [-0.05, 0) is 31.4 Å². The van der Waals surface area contributed by atoms with Gasteiger partial charge in [0, 0.05) is 6.04 Å². The first-order valence-electron chi connectivity index (χ1n) is 7.21. The maximum Gasteiger partial charge on any atom is 0.404 e. The molecule has 1 saturated heterocycles. The van der Waals surface area contributed by atoms with Crippen LogP contribution in [-0.4, -0.2) is 52.2 Å². The van der Waals surface area contributed by atoms with E-state index in [4.69, 9.17) is 5.11 Å². The van der Waals surface area contributed by atoms with Crippen LogP contribution in [-0.2, 0) is 6.42 Å². The van der Waals surface area contributed by atoms with Crippen LogP contribution in [0.2, 0.25) is 0 Å². The van der Waals surface area contributed by atoms with Crippen LogP contribution in [0.5, 0.6) is 0 Å². The summed E-state index contributed by atoms with van der Waals surface area (Å²) in [4.78, 5) is 10.9. The smallest absolute Gasteiger partial charge is 0.404 e. The Morgan fingerprint density at radius 2 is 2.05 bits per heavy atom. The van der Waals surface area contributed by atoms with E-state index in [1.54, 1.807) is 0 Å². The first kappa shape index (κ1) is 15.8. The summed E-state index contributed by atoms with van der Waals surface area (Å²) >= 11 is 0. The Bertz CT molecular complexity index is 448. The van der Waals surface area contributed by atoms with E-state index < -0.39 is 24.3 Å². The third-order valence-corrected chi connectivity index (χ3v) is 3.88. The molecule has 0 aromatic heterocycles. The number of hydrogen-bond donors (Lipinski definition) is 5. The summed E-state index contributed by atoms with van der Waals surface area (Å²) in [5.41, 5.74) is 0.905. The zero-order valence-electron chi connectivity index (χ0n) is 11.8. The van der Waals surface area contributed by atoms with E-state index in [1.165, 1.54) is 0 Å². The molecule has 1 aromatic carbocycles. The normalized spacial score (nSPS) is 22.5. The molecule has 6 heteroatoms. The summed E-state index contributed by atoms with van der Waals surface area (Å²) in [7, 11) is 0. The number of carbonyl (C=O) groups is 1. The summed E-state index contributed by atoms with van der Waals surface area (Å²) in [6.07, 6.45) is -1.29. The number of amides is 1. The lowest BCUT2D eigenvalue weighted by Crippen LogP contribution is -2.54. The van der Waals surface area contributed by atoms with Gasteiger partial charge in [0.2, 0.25) is 0 Å². The van der Waals surface area contributed by atoms with Gasteiger partial charge < -0.3 is 26.0 Å². The number of carboxylic acid groups (broad SMARTS) is 1. The molecule has 1 heterocycles. The highest BCUT2D eigenvalue weighted by molar-refractivity contribution is 5.65. The highest BCUT2D eigenvalue weighted by atomic mass is 16.4. The molecule has 116 valence electrons. The molecule has 1 aliphatic heterocycles. The topological polar surface area (TPSA) is 102 Å². The van der Waals surface area contributed by atoms with Gasteiger partial charge in [-0.15, -0.1) is 0 Å². The molecule has 0 spiro atoms. The van der Waals surface area contributed by atoms with Crippen LogP contribution in [0.1, 0.15) is 18.4 Å². The Balaban J connectivity index is 2.05. The van der Waals surface area contributed by atoms with Gasteiger partial charge in [0.1, 0.15) is 6.10 Å². The van der Waals surface area contributed by atoms with Crippen molar-refractivity contribution >= 4 is 6.09 Å². The third-order valence-electron chi connectivity index (χ3n) is 3.88. The fraction of sp³-hybridized carbons (Fsp3) is 0.533. The van der Waals surface area contributed by atoms with E-state index in [9.17, 15) is 15.0 Å². The summed E-state index contributed by atoms with van der Waals surface area (Å²) in [5.74, 6) is 0. The predicted molar refractivity (Wildman–Crippen MR) is 78.1 cm³/mol. The maximum absolute atomic E-state index is 10.9. The van der Waals surface area contributed by atoms with Crippen molar-refractivity contribution in [2.75, 3.05) is 6.54 Å². The number of rotatable bonds is 6. The second-order valence-corrected chi connectivity index (χ2v) is 5.43. The summed E-state index contributed by atoms with van der Waals surface area (Å²) < 4.78 is 0. The van der Waals surface area contributed by atoms with E-state index in [0.717, 1.165) is 24.9 Å². The molecule has 1 aromatic rings. The first-order valence-corrected chi connectivity index (χ1v) is 7.21. The maximum atomic E-state index is 10.9. The number of aliphatic hydroxyl groups is 2. The zero-order valence-corrected chi connectivity index (χ0v) is 11.8. The van der Waals surface area contributed by atoms with Crippen molar-refractivity contribution in [2.45, 2.75) is 43.6 Å². The molecule has 5 N–H and O–H groups in total. The second kappa shape index (κ2) is 7.40. The Labute approximate surface area is 123 Å². The second-order valence-electron chi connectivity index (χ2n) is 5.43. The Morgan fingerprint density at radius 1 is 1.33 bits per heavy atom. The van der Waals surface area contributed by atoms with Crippen molar-refractivity contribution < 1.29 is 20.1 Å². The van der Waals surface area contributed by atoms with Gasteiger partial charge >= 0.3 is 6.09 Å². The largest absolute Gasteiger partial charge is 0.465 e. The highest BCUT2D eigenvalue weighted by Crippen LogP contribution is 2.16. The first-order chi connectivity index (χ1) is 10.1. The van der Waals surface area contributed by atoms with Crippen molar-refractivity contribution in [3.63, 3.8) is 0 Å². The van der Waals surface area contributed by atoms with Gasteiger partial charge in [-0.3, -0.25) is 0 Å². The SMILES string of the molecule is O=C(O)N[C@@H](Cc1ccccc1)[C@@H](O)[C@H](O)[C@@H]1CCCN1. The van der Waals surface area contributed by atoms with Gasteiger partial charge in [-0.25, -0.2) is 4.79 Å². The molecule has 1 amide bonds. The lowest BCUT2D eigenvalue weighted by atomic mass is 9.93. The van der Waals surface area contributed by atoms with Crippen LogP contribution >= 0.6 is 0 Å². The van der Waals surface area contributed by atoms with E-state index >= 15 is 0 Å². The molecule has 1 aliphatic rings. The van der Waals surface area contributed by atoms with Crippen LogP contribution in [0.3, 0.4) is 0 Å². The van der Waals surface area contributed by atoms with E-state index in [-0.39, 0.29) is 6.04 Å². The van der Waals surface area contributed by atoms with Gasteiger partial charge in [0.05, 0.1) is 12.1 Å². The van der Waals surface area contributed by atoms with Crippen molar-refractivity contribution in [3.8, 4) is 0 Å². The zero-order chi connectivity index (χ0) is 15.2. The van der Waals surface area contributed by atoms with Crippen molar-refractivity contribution in [2.24, 2.45) is 0 Å². The summed E-state index contributed by atoms with van der Waals surface area (Å²) in [6.45, 7) is 0.810. The van der Waals surface area contributed by atoms with Crippen molar-refractivity contribution in [1.82, 2.24) is 10.6 Å². The Kier molecular flexibility index (Phi) is 5.55. The lowest BCUT2D eigenvalue weighted by molar-refractivity contribution is -0.0196. The quantitative estimate of drug-likeness (QED) is 0.521. The molecule has 0 unspecified atom stereocenters. The monoisotopic (exact) mass is 294 g/mol. The molecule has 0 bridgehead atoms. The minimum atomic E-state index is -1.21. The fourth-order valence-electron chi connectivity index (χ4n) is 2.76. The van der Waals surface area contributed by atoms with Crippen molar-refractivity contribution in [1.29, 1.82) is 0 Å². The average molecular weight is 294 g/mol. The molecule has 0 saturated carbocycles. The molecular weight excluding hydrogens is 272 g/mol. The minimum Gasteiger partial charge on any atom is -0.465 e. The van der Waals surface area contributed by atoms with Crippen LogP contribution in [0.15, 0.2) is 30.3 Å². The number of aliphatic hydroxyl groups excluding tert-OH is 2. The van der Waals surface area contributed by atoms with Crippen LogP contribution in [0, 0.1) is 0 Å². The van der Waals surface area contributed by atoms with Gasteiger partial charge in [0.25, 0.3) is 0 Å². The molecule has 0 aliphatic carbocycles. The van der Waals surface area contributed by atoms with Crippen LogP contribution in [0.25, 0.3) is 0 Å². The molecule has 0 radical (unpaired) electrons. The van der Waals surface area contributed by atoms with E-state index in [1.807, 2.05) is 30.3 Å². The van der Waals surface area contributed by atoms with E-state index in [2.05, 4.69) is 10.6 Å². The van der Waals surface area contributed by atoms with Gasteiger partial charge in [0.15, 0.2) is 0 Å². The van der Waals surface area contributed by atoms with E-state index in [0.29, 0.717) is 6.42 Å². The highest BCUT2D eigenvalue weighted by Gasteiger charge is 2.34. The molecule has 4 atom stereocenters. The molecule has 6 nitrogen and oxygen atoms in total. The predicted octanol–water partition coefficient (Wildman–Crippen LogP) is 0.339. The van der Waals surface area contributed by atoms with Gasteiger partial charge in [-0.1, -0.05) is 30.3 Å². The third kappa shape index (κ3) is 4.42. The standard InChI is InChI=1S/C15H22N2O4/c18-13(11-7-4-8-16-11)14(19)12(17-15(20)21)9-10-5-2-1-3-6-10/h1-3,5-6,11-14,16-19H,4,7-9H2,(H,20,21)/t11-,12-,13+,14+/m0/s1. The minimum absolute atomic E-state index is 0.186. The van der Waals surface area contributed by atoms with Gasteiger partial charge in [-0.2, -0.15) is 0 Å². The number of hydrogen-bond acceptors (Lipinski definition) is 4. The molecule has 21 heavy (non-hydrogen) atoms. The summed E-state index contributed by atoms with van der Waals surface area (Å²) in [6, 6.07) is 8.38. The van der Waals surface area contributed by atoms with Crippen molar-refractivity contribution in [3.05, 3.63) is 35.9 Å². The Hall–Kier alpha value is -1.63. The number of nitrogens with one attached hydrogen (secondary N) is 2. The lowest BCUT2D eigenvalue weighted by Gasteiger charge is -2.30. The molecular formula is C15H22N2O4.